The van der Waals surface area contributed by atoms with Crippen LogP contribution in [0.1, 0.15) is 6.42 Å². The number of ether oxygens (including phenoxy) is 2. The number of hydrogen-bond donors (Lipinski definition) is 0. The van der Waals surface area contributed by atoms with E-state index in [9.17, 15) is 0 Å². The molecule has 4 nitrogen and oxygen atoms in total. The third kappa shape index (κ3) is 4.20. The van der Waals surface area contributed by atoms with E-state index in [0.717, 1.165) is 26.2 Å². The first-order valence-electron chi connectivity index (χ1n) is 5.83. The molecule has 1 aliphatic heterocycles. The molecule has 5 heteroatoms. The molecule has 1 heterocycles. The second-order valence-corrected chi connectivity index (χ2v) is 5.01. The van der Waals surface area contributed by atoms with Gasteiger partial charge in [0, 0.05) is 50.6 Å². The van der Waals surface area contributed by atoms with Crippen LogP contribution in [-0.4, -0.2) is 73.4 Å². The van der Waals surface area contributed by atoms with Crippen molar-refractivity contribution in [1.82, 2.24) is 9.80 Å². The highest BCUT2D eigenvalue weighted by molar-refractivity contribution is 6.08. The summed E-state index contributed by atoms with van der Waals surface area (Å²) in [5, 5.41) is 0. The summed E-state index contributed by atoms with van der Waals surface area (Å²) < 4.78 is 10.5. The minimum Gasteiger partial charge on any atom is -0.343 e. The molecule has 1 aliphatic rings. The van der Waals surface area contributed by atoms with Crippen LogP contribution < -0.4 is 0 Å². The largest absolute Gasteiger partial charge is 0.343 e. The van der Waals surface area contributed by atoms with Gasteiger partial charge in [-0.15, -0.1) is 0 Å². The number of piperazine rings is 1. The van der Waals surface area contributed by atoms with Crippen LogP contribution in [0.5, 0.6) is 0 Å². The monoisotopic (exact) mass is 232 g/mol. The van der Waals surface area contributed by atoms with Crippen LogP contribution in [0, 0.1) is 0 Å². The SMILES string of the molecule is COC(OC)N1CCN(CCC[SiH3])CC1. The van der Waals surface area contributed by atoms with E-state index in [1.165, 1.54) is 29.3 Å². The Labute approximate surface area is 95.9 Å². The molecule has 0 radical (unpaired) electrons. The van der Waals surface area contributed by atoms with Crippen molar-refractivity contribution in [2.45, 2.75) is 18.9 Å². The molecular formula is C10H24N2O2Si. The molecule has 0 saturated carbocycles. The smallest absolute Gasteiger partial charge is 0.218 e. The van der Waals surface area contributed by atoms with Gasteiger partial charge < -0.3 is 14.4 Å². The highest BCUT2D eigenvalue weighted by Crippen LogP contribution is 2.08. The molecule has 0 unspecified atom stereocenters. The molecule has 90 valence electrons. The fourth-order valence-corrected chi connectivity index (χ4v) is 2.29. The Balaban J connectivity index is 2.22. The van der Waals surface area contributed by atoms with Gasteiger partial charge in [-0.3, -0.25) is 4.90 Å². The first-order chi connectivity index (χ1) is 7.31. The highest BCUT2D eigenvalue weighted by atomic mass is 28.1. The lowest BCUT2D eigenvalue weighted by molar-refractivity contribution is -0.203. The van der Waals surface area contributed by atoms with Crippen molar-refractivity contribution in [1.29, 1.82) is 0 Å². The predicted molar refractivity (Wildman–Crippen MR) is 65.2 cm³/mol. The summed E-state index contributed by atoms with van der Waals surface area (Å²) in [6.07, 6.45) is 1.20. The average molecular weight is 232 g/mol. The van der Waals surface area contributed by atoms with Crippen molar-refractivity contribution < 1.29 is 9.47 Å². The van der Waals surface area contributed by atoms with Crippen LogP contribution >= 0.6 is 0 Å². The molecule has 1 saturated heterocycles. The van der Waals surface area contributed by atoms with Crippen molar-refractivity contribution >= 4 is 10.2 Å². The number of nitrogens with zero attached hydrogens (tertiary/aromatic N) is 2. The molecule has 0 spiro atoms. The highest BCUT2D eigenvalue weighted by Gasteiger charge is 2.22. The second-order valence-electron chi connectivity index (χ2n) is 4.01. The molecule has 0 bridgehead atoms. The van der Waals surface area contributed by atoms with Gasteiger partial charge in [-0.1, -0.05) is 6.04 Å². The normalized spacial score (nSPS) is 20.2. The third-order valence-corrected chi connectivity index (χ3v) is 3.64. The van der Waals surface area contributed by atoms with E-state index >= 15 is 0 Å². The number of hydrogen-bond acceptors (Lipinski definition) is 4. The van der Waals surface area contributed by atoms with Crippen LogP contribution in [0.2, 0.25) is 6.04 Å². The van der Waals surface area contributed by atoms with Gasteiger partial charge in [0.25, 0.3) is 0 Å². The van der Waals surface area contributed by atoms with Gasteiger partial charge in [-0.25, -0.2) is 0 Å². The van der Waals surface area contributed by atoms with Gasteiger partial charge in [0.05, 0.1) is 0 Å². The summed E-state index contributed by atoms with van der Waals surface area (Å²) in [6, 6.07) is 1.42. The maximum absolute atomic E-state index is 5.25. The van der Waals surface area contributed by atoms with Crippen molar-refractivity contribution in [2.24, 2.45) is 0 Å². The molecule has 1 fully saturated rings. The summed E-state index contributed by atoms with van der Waals surface area (Å²) in [4.78, 5) is 4.79. The standard InChI is InChI=1S/C10H24N2O2Si/c1-13-10(14-2)12-7-5-11(6-8-12)4-3-9-15/h10H,3-9H2,1-2,15H3. The van der Waals surface area contributed by atoms with Crippen LogP contribution in [0.4, 0.5) is 0 Å². The van der Waals surface area contributed by atoms with Crippen LogP contribution in [0.15, 0.2) is 0 Å². The zero-order chi connectivity index (χ0) is 11.1. The molecular weight excluding hydrogens is 208 g/mol. The Bertz CT molecular complexity index is 160. The summed E-state index contributed by atoms with van der Waals surface area (Å²) in [6.45, 7) is 5.65. The maximum Gasteiger partial charge on any atom is 0.218 e. The van der Waals surface area contributed by atoms with Crippen molar-refractivity contribution in [3.63, 3.8) is 0 Å². The summed E-state index contributed by atoms with van der Waals surface area (Å²) >= 11 is 0. The predicted octanol–water partition coefficient (Wildman–Crippen LogP) is -0.646. The van der Waals surface area contributed by atoms with E-state index in [2.05, 4.69) is 9.80 Å². The van der Waals surface area contributed by atoms with Gasteiger partial charge in [-0.2, -0.15) is 0 Å². The lowest BCUT2D eigenvalue weighted by Gasteiger charge is -2.37. The summed E-state index contributed by atoms with van der Waals surface area (Å²) in [7, 11) is 4.73. The minimum atomic E-state index is -0.161. The van der Waals surface area contributed by atoms with Gasteiger partial charge in [0.2, 0.25) is 6.41 Å². The number of methoxy groups -OCH3 is 2. The lowest BCUT2D eigenvalue weighted by atomic mass is 10.3. The molecule has 0 atom stereocenters. The fourth-order valence-electron chi connectivity index (χ4n) is 1.97. The maximum atomic E-state index is 5.25. The van der Waals surface area contributed by atoms with Crippen LogP contribution in [0.3, 0.4) is 0 Å². The zero-order valence-corrected chi connectivity index (χ0v) is 12.2. The minimum absolute atomic E-state index is 0.161. The summed E-state index contributed by atoms with van der Waals surface area (Å²) in [5.41, 5.74) is 0. The van der Waals surface area contributed by atoms with E-state index in [1.807, 2.05) is 0 Å². The van der Waals surface area contributed by atoms with Crippen molar-refractivity contribution in [2.75, 3.05) is 46.9 Å². The van der Waals surface area contributed by atoms with Gasteiger partial charge in [-0.05, 0) is 13.0 Å². The fraction of sp³-hybridized carbons (Fsp3) is 1.00. The topological polar surface area (TPSA) is 24.9 Å². The van der Waals surface area contributed by atoms with Crippen LogP contribution in [0.25, 0.3) is 0 Å². The lowest BCUT2D eigenvalue weighted by Crippen LogP contribution is -2.51. The van der Waals surface area contributed by atoms with E-state index in [0.29, 0.717) is 0 Å². The Morgan fingerprint density at radius 3 is 2.20 bits per heavy atom. The molecule has 15 heavy (non-hydrogen) atoms. The molecule has 0 aromatic rings. The number of rotatable bonds is 6. The van der Waals surface area contributed by atoms with E-state index in [1.54, 1.807) is 14.2 Å². The Hall–Kier alpha value is 0.0569. The molecule has 0 aromatic carbocycles. The first-order valence-corrected chi connectivity index (χ1v) is 7.25. The molecule has 0 N–H and O–H groups in total. The van der Waals surface area contributed by atoms with E-state index in [4.69, 9.17) is 9.47 Å². The zero-order valence-electron chi connectivity index (χ0n) is 10.2. The first kappa shape index (κ1) is 13.1. The molecule has 0 aliphatic carbocycles. The Morgan fingerprint density at radius 1 is 1.13 bits per heavy atom. The van der Waals surface area contributed by atoms with Gasteiger partial charge in [0.1, 0.15) is 0 Å². The molecule has 0 amide bonds. The Kier molecular flexibility index (Phi) is 6.43. The van der Waals surface area contributed by atoms with Crippen LogP contribution in [-0.2, 0) is 9.47 Å². The summed E-state index contributed by atoms with van der Waals surface area (Å²) in [5.74, 6) is 0. The van der Waals surface area contributed by atoms with E-state index in [-0.39, 0.29) is 6.41 Å². The van der Waals surface area contributed by atoms with Crippen molar-refractivity contribution in [3.8, 4) is 0 Å². The van der Waals surface area contributed by atoms with E-state index < -0.39 is 0 Å². The van der Waals surface area contributed by atoms with Gasteiger partial charge in [0.15, 0.2) is 0 Å². The van der Waals surface area contributed by atoms with Crippen molar-refractivity contribution in [3.05, 3.63) is 0 Å². The average Bonchev–Trinajstić information content (AvgIpc) is 2.29. The Morgan fingerprint density at radius 2 is 1.73 bits per heavy atom. The molecule has 1 rings (SSSR count). The third-order valence-electron chi connectivity index (χ3n) is 2.94. The molecule has 0 aromatic heterocycles. The second kappa shape index (κ2) is 7.35. The quantitative estimate of drug-likeness (QED) is 0.449. The van der Waals surface area contributed by atoms with Gasteiger partial charge >= 0.3 is 0 Å².